The molecule has 0 saturated carbocycles. The summed E-state index contributed by atoms with van der Waals surface area (Å²) in [7, 11) is 9.73. The van der Waals surface area contributed by atoms with Crippen LogP contribution >= 0.6 is 0 Å². The average molecular weight is 388 g/mol. The summed E-state index contributed by atoms with van der Waals surface area (Å²) in [4.78, 5) is 0. The second kappa shape index (κ2) is 8.93. The van der Waals surface area contributed by atoms with E-state index in [9.17, 15) is 0 Å². The fourth-order valence-corrected chi connectivity index (χ4v) is 3.46. The topological polar surface area (TPSA) is 0 Å². The highest BCUT2D eigenvalue weighted by atomic mass is 79.9. The van der Waals surface area contributed by atoms with E-state index in [2.05, 4.69) is 35.1 Å². The van der Waals surface area contributed by atoms with Crippen molar-refractivity contribution in [1.29, 1.82) is 0 Å². The minimum Gasteiger partial charge on any atom is -1.00 e. The Kier molecular flexibility index (Phi) is 10.5. The van der Waals surface area contributed by atoms with Crippen molar-refractivity contribution in [3.63, 3.8) is 0 Å². The standard InChI is InChI=1S/C14H32N2.2BrH/c1-6-7-8-11-14-15(2,3)12-9-10-13-16(14,4)5;;/h14H,6-13H2,1-5H3;2*1H/q+2;;/p-2. The molecule has 1 rings (SSSR count). The molecule has 4 heteroatoms. The lowest BCUT2D eigenvalue weighted by molar-refractivity contribution is -1.10. The summed E-state index contributed by atoms with van der Waals surface area (Å²) in [5.74, 6) is 0. The summed E-state index contributed by atoms with van der Waals surface area (Å²) in [5.41, 5.74) is 0. The van der Waals surface area contributed by atoms with Crippen molar-refractivity contribution in [2.75, 3.05) is 41.3 Å². The van der Waals surface area contributed by atoms with Gasteiger partial charge in [0.25, 0.3) is 0 Å². The van der Waals surface area contributed by atoms with Crippen LogP contribution in [0, 0.1) is 0 Å². The van der Waals surface area contributed by atoms with Crippen LogP contribution in [0.1, 0.15) is 45.4 Å². The second-order valence-corrected chi connectivity index (χ2v) is 6.69. The first kappa shape index (κ1) is 21.2. The molecule has 0 aliphatic carbocycles. The molecule has 0 aromatic heterocycles. The van der Waals surface area contributed by atoms with Crippen LogP contribution in [0.3, 0.4) is 0 Å². The molecule has 0 N–H and O–H groups in total. The SMILES string of the molecule is CCCCCC1[N+](C)(C)CCCC[N+]1(C)C.[Br-].[Br-]. The fraction of sp³-hybridized carbons (Fsp3) is 1.00. The van der Waals surface area contributed by atoms with Gasteiger partial charge in [0, 0.05) is 12.8 Å². The highest BCUT2D eigenvalue weighted by molar-refractivity contribution is 4.55. The first-order valence-corrected chi connectivity index (χ1v) is 7.05. The lowest BCUT2D eigenvalue weighted by Gasteiger charge is -2.45. The zero-order valence-corrected chi connectivity index (χ0v) is 16.1. The van der Waals surface area contributed by atoms with Crippen molar-refractivity contribution < 1.29 is 42.9 Å². The third-order valence-corrected chi connectivity index (χ3v) is 4.40. The van der Waals surface area contributed by atoms with Crippen molar-refractivity contribution >= 4 is 0 Å². The highest BCUT2D eigenvalue weighted by Crippen LogP contribution is 2.26. The Hall–Kier alpha value is 0.880. The largest absolute Gasteiger partial charge is 1.00 e. The van der Waals surface area contributed by atoms with Crippen molar-refractivity contribution in [1.82, 2.24) is 0 Å². The van der Waals surface area contributed by atoms with Gasteiger partial charge in [-0.15, -0.1) is 0 Å². The van der Waals surface area contributed by atoms with Gasteiger partial charge < -0.3 is 34.0 Å². The van der Waals surface area contributed by atoms with E-state index in [-0.39, 0.29) is 34.0 Å². The Balaban J connectivity index is 0. The monoisotopic (exact) mass is 386 g/mol. The van der Waals surface area contributed by atoms with Gasteiger partial charge in [0.15, 0.2) is 0 Å². The summed E-state index contributed by atoms with van der Waals surface area (Å²) in [6, 6.07) is 0. The van der Waals surface area contributed by atoms with E-state index in [0.29, 0.717) is 0 Å². The minimum atomic E-state index is 0. The van der Waals surface area contributed by atoms with Crippen LogP contribution in [0.2, 0.25) is 0 Å². The number of nitrogens with zero attached hydrogens (tertiary/aromatic N) is 2. The number of halogens is 2. The third kappa shape index (κ3) is 5.89. The van der Waals surface area contributed by atoms with E-state index in [1.807, 2.05) is 0 Å². The highest BCUT2D eigenvalue weighted by Gasteiger charge is 2.42. The van der Waals surface area contributed by atoms with Crippen LogP contribution in [-0.2, 0) is 0 Å². The molecule has 0 unspecified atom stereocenters. The number of hydrogen-bond acceptors (Lipinski definition) is 0. The molecule has 0 spiro atoms. The fourth-order valence-electron chi connectivity index (χ4n) is 3.46. The van der Waals surface area contributed by atoms with Gasteiger partial charge >= 0.3 is 0 Å². The Morgan fingerprint density at radius 1 is 0.833 bits per heavy atom. The molecule has 0 atom stereocenters. The normalized spacial score (nSPS) is 22.5. The van der Waals surface area contributed by atoms with Crippen LogP contribution in [0.5, 0.6) is 0 Å². The van der Waals surface area contributed by atoms with E-state index in [4.69, 9.17) is 0 Å². The molecule has 1 aliphatic rings. The van der Waals surface area contributed by atoms with Crippen LogP contribution in [0.15, 0.2) is 0 Å². The zero-order valence-electron chi connectivity index (χ0n) is 12.9. The molecule has 0 aromatic carbocycles. The second-order valence-electron chi connectivity index (χ2n) is 6.69. The van der Waals surface area contributed by atoms with E-state index in [0.717, 1.165) is 6.17 Å². The van der Waals surface area contributed by atoms with E-state index in [1.54, 1.807) is 0 Å². The van der Waals surface area contributed by atoms with Crippen LogP contribution in [-0.4, -0.2) is 56.4 Å². The first-order chi connectivity index (χ1) is 7.40. The van der Waals surface area contributed by atoms with Gasteiger partial charge in [-0.1, -0.05) is 19.8 Å². The Labute approximate surface area is 135 Å². The Morgan fingerprint density at radius 2 is 1.28 bits per heavy atom. The van der Waals surface area contributed by atoms with Crippen molar-refractivity contribution in [2.24, 2.45) is 0 Å². The molecule has 2 nitrogen and oxygen atoms in total. The van der Waals surface area contributed by atoms with Crippen LogP contribution in [0.25, 0.3) is 0 Å². The Morgan fingerprint density at radius 3 is 1.67 bits per heavy atom. The molecule has 0 bridgehead atoms. The minimum absolute atomic E-state index is 0. The quantitative estimate of drug-likeness (QED) is 0.353. The van der Waals surface area contributed by atoms with E-state index in [1.165, 1.54) is 60.6 Å². The maximum Gasteiger partial charge on any atom is 0.215 e. The summed E-state index contributed by atoms with van der Waals surface area (Å²) in [5, 5.41) is 0. The maximum atomic E-state index is 2.43. The van der Waals surface area contributed by atoms with Gasteiger partial charge in [-0.3, -0.25) is 8.97 Å². The molecule has 1 fully saturated rings. The van der Waals surface area contributed by atoms with Gasteiger partial charge in [0.2, 0.25) is 6.17 Å². The lowest BCUT2D eigenvalue weighted by atomic mass is 10.1. The molecule has 0 amide bonds. The molecule has 0 aromatic rings. The summed E-state index contributed by atoms with van der Waals surface area (Å²) >= 11 is 0. The summed E-state index contributed by atoms with van der Waals surface area (Å²) in [6.07, 6.45) is 9.15. The number of rotatable bonds is 4. The predicted octanol–water partition coefficient (Wildman–Crippen LogP) is -3.15. The molecule has 0 radical (unpaired) electrons. The smallest absolute Gasteiger partial charge is 0.215 e. The van der Waals surface area contributed by atoms with Gasteiger partial charge in [-0.2, -0.15) is 0 Å². The maximum absolute atomic E-state index is 2.43. The molecule has 1 aliphatic heterocycles. The van der Waals surface area contributed by atoms with E-state index >= 15 is 0 Å². The summed E-state index contributed by atoms with van der Waals surface area (Å²) in [6.45, 7) is 5.02. The number of unbranched alkanes of at least 4 members (excludes halogenated alkanes) is 2. The number of quaternary nitrogens is 2. The van der Waals surface area contributed by atoms with Gasteiger partial charge in [0.1, 0.15) is 0 Å². The van der Waals surface area contributed by atoms with Crippen molar-refractivity contribution in [2.45, 2.75) is 51.6 Å². The van der Waals surface area contributed by atoms with Crippen LogP contribution < -0.4 is 34.0 Å². The van der Waals surface area contributed by atoms with Crippen molar-refractivity contribution in [3.05, 3.63) is 0 Å². The predicted molar refractivity (Wildman–Crippen MR) is 71.1 cm³/mol. The molecule has 1 heterocycles. The van der Waals surface area contributed by atoms with Gasteiger partial charge in [-0.25, -0.2) is 0 Å². The average Bonchev–Trinajstić information content (AvgIpc) is 2.27. The molecule has 18 heavy (non-hydrogen) atoms. The summed E-state index contributed by atoms with van der Waals surface area (Å²) < 4.78 is 2.44. The van der Waals surface area contributed by atoms with Crippen molar-refractivity contribution in [3.8, 4) is 0 Å². The Bertz CT molecular complexity index is 200. The van der Waals surface area contributed by atoms with Gasteiger partial charge in [-0.05, 0) is 6.42 Å². The first-order valence-electron chi connectivity index (χ1n) is 7.05. The number of hydrogen-bond donors (Lipinski definition) is 0. The lowest BCUT2D eigenvalue weighted by Crippen LogP contribution is -3.00. The van der Waals surface area contributed by atoms with Crippen LogP contribution in [0.4, 0.5) is 0 Å². The molecular formula is C14H32Br2N2. The van der Waals surface area contributed by atoms with Gasteiger partial charge in [0.05, 0.1) is 47.7 Å². The third-order valence-electron chi connectivity index (χ3n) is 4.40. The molecule has 1 saturated heterocycles. The molecule has 112 valence electrons. The van der Waals surface area contributed by atoms with E-state index < -0.39 is 0 Å². The zero-order chi connectivity index (χ0) is 12.2. The molecular weight excluding hydrogens is 356 g/mol.